The van der Waals surface area contributed by atoms with E-state index < -0.39 is 35.0 Å². The first-order chi connectivity index (χ1) is 16.6. The molecule has 0 aromatic rings. The molecule has 4 aliphatic heterocycles. The van der Waals surface area contributed by atoms with E-state index in [1.807, 2.05) is 41.5 Å². The van der Waals surface area contributed by atoms with Crippen molar-refractivity contribution in [3.8, 4) is 0 Å². The first kappa shape index (κ1) is 28.1. The largest absolute Gasteiger partial charge is 0.481 e. The Morgan fingerprint density at radius 1 is 0.583 bits per heavy atom. The van der Waals surface area contributed by atoms with Crippen molar-refractivity contribution in [2.45, 2.75) is 128 Å². The van der Waals surface area contributed by atoms with Crippen LogP contribution >= 0.6 is 0 Å². The number of ether oxygens (including phenoxy) is 2. The van der Waals surface area contributed by atoms with Crippen LogP contribution in [0, 0.1) is 11.8 Å². The summed E-state index contributed by atoms with van der Waals surface area (Å²) in [7, 11) is 0. The van der Waals surface area contributed by atoms with Crippen LogP contribution in [0.3, 0.4) is 0 Å². The molecular formula is C26H42N2O8. The van der Waals surface area contributed by atoms with Crippen molar-refractivity contribution in [1.82, 2.24) is 9.80 Å². The average molecular weight is 511 g/mol. The summed E-state index contributed by atoms with van der Waals surface area (Å²) in [6, 6.07) is -0.0342. The predicted molar refractivity (Wildman–Crippen MR) is 130 cm³/mol. The van der Waals surface area contributed by atoms with Crippen molar-refractivity contribution in [3.05, 3.63) is 0 Å². The van der Waals surface area contributed by atoms with Gasteiger partial charge in [0.15, 0.2) is 0 Å². The highest BCUT2D eigenvalue weighted by Crippen LogP contribution is 2.41. The number of carboxylic acid groups (broad SMARTS) is 2. The van der Waals surface area contributed by atoms with Gasteiger partial charge >= 0.3 is 24.1 Å². The van der Waals surface area contributed by atoms with Gasteiger partial charge in [0.05, 0.1) is 11.8 Å². The smallest absolute Gasteiger partial charge is 0.410 e. The summed E-state index contributed by atoms with van der Waals surface area (Å²) in [5, 5.41) is 18.4. The number of carbonyl (C=O) groups is 4. The molecule has 0 unspecified atom stereocenters. The zero-order chi connectivity index (χ0) is 27.0. The number of hydrogen-bond donors (Lipinski definition) is 2. The van der Waals surface area contributed by atoms with E-state index in [1.54, 1.807) is 9.80 Å². The molecule has 4 saturated heterocycles. The second-order valence-electron chi connectivity index (χ2n) is 12.4. The normalized spacial score (nSPS) is 31.3. The molecule has 0 spiro atoms. The van der Waals surface area contributed by atoms with Crippen molar-refractivity contribution < 1.29 is 38.9 Å². The van der Waals surface area contributed by atoms with Crippen molar-refractivity contribution in [2.24, 2.45) is 11.8 Å². The summed E-state index contributed by atoms with van der Waals surface area (Å²) >= 11 is 0. The van der Waals surface area contributed by atoms with Crippen molar-refractivity contribution in [3.63, 3.8) is 0 Å². The van der Waals surface area contributed by atoms with Gasteiger partial charge in [-0.3, -0.25) is 9.59 Å². The highest BCUT2D eigenvalue weighted by molar-refractivity contribution is 5.76. The lowest BCUT2D eigenvalue weighted by atomic mass is 9.90. The maximum absolute atomic E-state index is 12.2. The Bertz CT molecular complexity index is 791. The molecule has 10 nitrogen and oxygen atoms in total. The van der Waals surface area contributed by atoms with Crippen molar-refractivity contribution in [2.75, 3.05) is 0 Å². The van der Waals surface area contributed by atoms with Gasteiger partial charge in [-0.25, -0.2) is 9.59 Å². The minimum atomic E-state index is -0.797. The van der Waals surface area contributed by atoms with Crippen LogP contribution in [0.2, 0.25) is 0 Å². The standard InChI is InChI=1S/2C13H21NO4/c2*1-13(2,3)18-12(17)14-8-4-6-9(11(15)16)10(14)7-5-8/h2*8-10H,4-7H2,1-3H3,(H,15,16)/t2*8-,9+,10-/m10/s1. The maximum atomic E-state index is 12.2. The van der Waals surface area contributed by atoms with E-state index in [-0.39, 0.29) is 36.4 Å². The van der Waals surface area contributed by atoms with E-state index in [1.165, 1.54) is 0 Å². The number of hydrogen-bond acceptors (Lipinski definition) is 6. The van der Waals surface area contributed by atoms with Crippen LogP contribution < -0.4 is 0 Å². The first-order valence-electron chi connectivity index (χ1n) is 13.1. The summed E-state index contributed by atoms with van der Waals surface area (Å²) < 4.78 is 10.8. The van der Waals surface area contributed by atoms with Crippen LogP contribution in [0.1, 0.15) is 92.9 Å². The van der Waals surface area contributed by atoms with E-state index in [0.717, 1.165) is 38.5 Å². The number of piperidine rings is 2. The van der Waals surface area contributed by atoms with Crippen LogP contribution in [0.4, 0.5) is 9.59 Å². The molecule has 36 heavy (non-hydrogen) atoms. The average Bonchev–Trinajstić information content (AvgIpc) is 3.18. The van der Waals surface area contributed by atoms with Gasteiger partial charge in [-0.15, -0.1) is 0 Å². The number of amides is 2. The summed E-state index contributed by atoms with van der Waals surface area (Å²) in [6.07, 6.45) is 5.51. The molecular weight excluding hydrogens is 468 g/mol. The fraction of sp³-hybridized carbons (Fsp3) is 0.846. The van der Waals surface area contributed by atoms with E-state index in [9.17, 15) is 29.4 Å². The number of nitrogens with zero attached hydrogens (tertiary/aromatic N) is 2. The molecule has 0 aliphatic carbocycles. The highest BCUT2D eigenvalue weighted by atomic mass is 16.6. The third-order valence-electron chi connectivity index (χ3n) is 7.49. The van der Waals surface area contributed by atoms with Gasteiger partial charge in [0.2, 0.25) is 0 Å². The lowest BCUT2D eigenvalue weighted by Crippen LogP contribution is -2.51. The third kappa shape index (κ3) is 6.42. The molecule has 2 N–H and O–H groups in total. The number of fused-ring (bicyclic) bond motifs is 4. The van der Waals surface area contributed by atoms with Crippen molar-refractivity contribution >= 4 is 24.1 Å². The van der Waals surface area contributed by atoms with Crippen LogP contribution in [0.5, 0.6) is 0 Å². The van der Waals surface area contributed by atoms with Crippen LogP contribution in [0.25, 0.3) is 0 Å². The van der Waals surface area contributed by atoms with Gasteiger partial charge in [-0.2, -0.15) is 0 Å². The fourth-order valence-corrected chi connectivity index (χ4v) is 6.08. The van der Waals surface area contributed by atoms with E-state index in [4.69, 9.17) is 9.47 Å². The predicted octanol–water partition coefficient (Wildman–Crippen LogP) is 4.50. The Morgan fingerprint density at radius 2 is 0.889 bits per heavy atom. The van der Waals surface area contributed by atoms with Gasteiger partial charge < -0.3 is 29.5 Å². The third-order valence-corrected chi connectivity index (χ3v) is 7.49. The SMILES string of the molecule is CC(C)(C)OC(=O)N1[C@@H]2CC[C@H](C(=O)O)[C@H]1CC2.CC(C)(C)OC(=O)N1[C@H]2CC[C@@H](C(=O)O)[C@@H]1CC2. The molecule has 2 amide bonds. The van der Waals surface area contributed by atoms with Gasteiger partial charge in [0.25, 0.3) is 0 Å². The van der Waals surface area contributed by atoms with E-state index in [0.29, 0.717) is 12.8 Å². The number of carbonyl (C=O) groups excluding carboxylic acids is 2. The summed E-state index contributed by atoms with van der Waals surface area (Å²) in [4.78, 5) is 50.1. The van der Waals surface area contributed by atoms with Crippen LogP contribution in [-0.2, 0) is 19.1 Å². The number of aliphatic carboxylic acids is 2. The molecule has 0 aromatic heterocycles. The van der Waals surface area contributed by atoms with Gasteiger partial charge in [0.1, 0.15) is 11.2 Å². The molecule has 4 fully saturated rings. The summed E-state index contributed by atoms with van der Waals surface area (Å²) in [5.74, 6) is -2.46. The molecule has 0 radical (unpaired) electrons. The zero-order valence-electron chi connectivity index (χ0n) is 22.4. The lowest BCUT2D eigenvalue weighted by molar-refractivity contribution is -0.146. The molecule has 0 saturated carbocycles. The molecule has 6 atom stereocenters. The molecule has 204 valence electrons. The van der Waals surface area contributed by atoms with Gasteiger partial charge in [-0.05, 0) is 92.9 Å². The number of rotatable bonds is 2. The highest BCUT2D eigenvalue weighted by Gasteiger charge is 2.49. The monoisotopic (exact) mass is 510 g/mol. The Morgan fingerprint density at radius 3 is 1.17 bits per heavy atom. The van der Waals surface area contributed by atoms with Crippen molar-refractivity contribution in [1.29, 1.82) is 0 Å². The summed E-state index contributed by atoms with van der Waals surface area (Å²) in [5.41, 5.74) is -1.07. The zero-order valence-corrected chi connectivity index (χ0v) is 22.4. The Hall–Kier alpha value is -2.52. The molecule has 0 aromatic carbocycles. The van der Waals surface area contributed by atoms with E-state index >= 15 is 0 Å². The quantitative estimate of drug-likeness (QED) is 0.555. The van der Waals surface area contributed by atoms with Gasteiger partial charge in [0, 0.05) is 24.2 Å². The maximum Gasteiger partial charge on any atom is 0.410 e. The van der Waals surface area contributed by atoms with Crippen LogP contribution in [0.15, 0.2) is 0 Å². The minimum absolute atomic E-state index is 0.167. The molecule has 4 aliphatic rings. The Kier molecular flexibility index (Phi) is 8.15. The van der Waals surface area contributed by atoms with Crippen LogP contribution in [-0.4, -0.2) is 79.5 Å². The number of carboxylic acids is 2. The molecule has 4 bridgehead atoms. The van der Waals surface area contributed by atoms with E-state index in [2.05, 4.69) is 0 Å². The summed E-state index contributed by atoms with van der Waals surface area (Å²) in [6.45, 7) is 10.9. The second-order valence-corrected chi connectivity index (χ2v) is 12.4. The molecule has 10 heteroatoms. The lowest BCUT2D eigenvalue weighted by Gasteiger charge is -2.38. The molecule has 4 rings (SSSR count). The molecule has 4 heterocycles. The second kappa shape index (κ2) is 10.5. The topological polar surface area (TPSA) is 134 Å². The first-order valence-corrected chi connectivity index (χ1v) is 13.1. The Labute approximate surface area is 213 Å². The fourth-order valence-electron chi connectivity index (χ4n) is 6.08. The Balaban J connectivity index is 0.000000201. The minimum Gasteiger partial charge on any atom is -0.481 e. The van der Waals surface area contributed by atoms with Gasteiger partial charge in [-0.1, -0.05) is 0 Å².